The van der Waals surface area contributed by atoms with Crippen molar-refractivity contribution in [1.82, 2.24) is 9.88 Å². The molecule has 2 aliphatic heterocycles. The van der Waals surface area contributed by atoms with Crippen molar-refractivity contribution >= 4 is 43.4 Å². The predicted octanol–water partition coefficient (Wildman–Crippen LogP) is 9.67. The van der Waals surface area contributed by atoms with Crippen molar-refractivity contribution in [2.24, 2.45) is 5.92 Å². The maximum Gasteiger partial charge on any atom is 0.132 e. The summed E-state index contributed by atoms with van der Waals surface area (Å²) in [4.78, 5) is 10.6. The van der Waals surface area contributed by atoms with Gasteiger partial charge in [-0.3, -0.25) is 4.90 Å². The van der Waals surface area contributed by atoms with E-state index in [2.05, 4.69) is 149 Å². The van der Waals surface area contributed by atoms with Crippen LogP contribution in [0.2, 0.25) is 0 Å². The van der Waals surface area contributed by atoms with Gasteiger partial charge in [-0.25, -0.2) is 4.98 Å². The largest absolute Gasteiger partial charge is 0.493 e. The first kappa shape index (κ1) is 33.9. The van der Waals surface area contributed by atoms with Gasteiger partial charge in [-0.2, -0.15) is 0 Å². The quantitative estimate of drug-likeness (QED) is 0.152. The zero-order valence-electron chi connectivity index (χ0n) is 29.6. The van der Waals surface area contributed by atoms with Gasteiger partial charge in [0.05, 0.1) is 12.1 Å². The monoisotopic (exact) mass is 739 g/mol. The summed E-state index contributed by atoms with van der Waals surface area (Å²) in [6.07, 6.45) is 3.27. The number of nitrogens with zero attached hydrogens (tertiary/aromatic N) is 3. The van der Waals surface area contributed by atoms with Gasteiger partial charge in [-0.1, -0.05) is 115 Å². The first-order valence-electron chi connectivity index (χ1n) is 18.4. The van der Waals surface area contributed by atoms with E-state index in [1.165, 1.54) is 22.3 Å². The van der Waals surface area contributed by atoms with Crippen LogP contribution in [0.1, 0.15) is 60.1 Å². The molecule has 0 saturated carbocycles. The molecule has 0 amide bonds. The molecule has 0 spiro atoms. The first-order chi connectivity index (χ1) is 24.8. The highest BCUT2D eigenvalue weighted by Gasteiger charge is 2.36. The minimum Gasteiger partial charge on any atom is -0.493 e. The molecule has 0 radical (unpaired) electrons. The van der Waals surface area contributed by atoms with E-state index in [0.29, 0.717) is 12.3 Å². The summed E-state index contributed by atoms with van der Waals surface area (Å²) >= 11 is 3.85. The molecule has 1 aromatic heterocycles. The molecule has 1 N–H and O–H groups in total. The fourth-order valence-electron chi connectivity index (χ4n) is 8.00. The minimum atomic E-state index is -1.24. The van der Waals surface area contributed by atoms with Crippen LogP contribution in [0.4, 0.5) is 5.82 Å². The number of pyridine rings is 1. The van der Waals surface area contributed by atoms with E-state index in [-0.39, 0.29) is 0 Å². The lowest BCUT2D eigenvalue weighted by atomic mass is 9.78. The number of rotatable bonds is 10. The molecule has 6 aromatic rings. The van der Waals surface area contributed by atoms with Crippen molar-refractivity contribution in [1.29, 1.82) is 0 Å². The number of anilines is 1. The molecule has 6 heteroatoms. The Kier molecular flexibility index (Phi) is 9.58. The summed E-state index contributed by atoms with van der Waals surface area (Å²) in [6.45, 7) is 9.83. The van der Waals surface area contributed by atoms with Crippen LogP contribution >= 0.6 is 15.9 Å². The molecule has 1 saturated heterocycles. The van der Waals surface area contributed by atoms with E-state index < -0.39 is 5.60 Å². The number of hydrogen-bond acceptors (Lipinski definition) is 5. The van der Waals surface area contributed by atoms with Gasteiger partial charge < -0.3 is 14.7 Å². The highest BCUT2D eigenvalue weighted by atomic mass is 79.9. The van der Waals surface area contributed by atoms with Crippen LogP contribution in [0.3, 0.4) is 0 Å². The smallest absolute Gasteiger partial charge is 0.132 e. The van der Waals surface area contributed by atoms with Gasteiger partial charge in [0.1, 0.15) is 17.2 Å². The van der Waals surface area contributed by atoms with Crippen molar-refractivity contribution in [3.05, 3.63) is 147 Å². The number of aliphatic hydroxyl groups is 1. The van der Waals surface area contributed by atoms with Crippen LogP contribution in [-0.4, -0.2) is 47.8 Å². The molecule has 1 atom stereocenters. The Balaban J connectivity index is 1.20. The molecule has 5 aromatic carbocycles. The van der Waals surface area contributed by atoms with Crippen molar-refractivity contribution in [3.8, 4) is 5.75 Å². The molecule has 2 aliphatic rings. The Morgan fingerprint density at radius 2 is 1.59 bits per heavy atom. The van der Waals surface area contributed by atoms with E-state index in [1.54, 1.807) is 0 Å². The third-order valence-corrected chi connectivity index (χ3v) is 11.2. The maximum atomic E-state index is 13.2. The average Bonchev–Trinajstić information content (AvgIpc) is 3.62. The molecule has 3 heterocycles. The average molecular weight is 741 g/mol. The summed E-state index contributed by atoms with van der Waals surface area (Å²) in [5.74, 6) is 2.51. The fraction of sp³-hybridized carbons (Fsp3) is 0.311. The van der Waals surface area contributed by atoms with Crippen LogP contribution in [0, 0.1) is 5.92 Å². The summed E-state index contributed by atoms with van der Waals surface area (Å²) in [6, 6.07) is 38.7. The summed E-state index contributed by atoms with van der Waals surface area (Å²) in [5, 5.41) is 16.4. The minimum absolute atomic E-state index is 0.437. The molecule has 51 heavy (non-hydrogen) atoms. The van der Waals surface area contributed by atoms with Crippen molar-refractivity contribution in [3.63, 3.8) is 0 Å². The maximum absolute atomic E-state index is 13.2. The first-order valence-corrected chi connectivity index (χ1v) is 19.2. The molecule has 1 fully saturated rings. The SMILES string of the molecule is CC(C)CCC(O)(c1cccc2ccccc12)c1cc(Br)cc2cc(Cc3ccccc3)c(N3CCN(Cc4ccc5c(c4)OCC5)CC3)nc12. The van der Waals surface area contributed by atoms with Crippen molar-refractivity contribution in [2.45, 2.75) is 51.7 Å². The van der Waals surface area contributed by atoms with Gasteiger partial charge in [0, 0.05) is 61.0 Å². The highest BCUT2D eigenvalue weighted by Crippen LogP contribution is 2.43. The third kappa shape index (κ3) is 7.02. The molecular formula is C45H46BrN3O2. The molecule has 0 bridgehead atoms. The molecule has 1 unspecified atom stereocenters. The zero-order valence-corrected chi connectivity index (χ0v) is 31.2. The molecule has 0 aliphatic carbocycles. The number of benzene rings is 5. The molecule has 260 valence electrons. The number of fused-ring (bicyclic) bond motifs is 3. The number of halogens is 1. The van der Waals surface area contributed by atoms with Crippen molar-refractivity contribution < 1.29 is 9.84 Å². The summed E-state index contributed by atoms with van der Waals surface area (Å²) < 4.78 is 6.80. The number of hydrogen-bond donors (Lipinski definition) is 1. The van der Waals surface area contributed by atoms with Crippen LogP contribution < -0.4 is 9.64 Å². The second kappa shape index (κ2) is 14.4. The Morgan fingerprint density at radius 1 is 0.804 bits per heavy atom. The summed E-state index contributed by atoms with van der Waals surface area (Å²) in [5.41, 5.74) is 6.51. The standard InChI is InChI=1S/C45H46BrN3O2/c1-31(2)17-19-45(50,40-14-8-12-34-11-6-7-13-39(34)40)41-29-38(46)28-36-27-37(25-32-9-4-3-5-10-32)44(47-43(36)41)49-22-20-48(21-23-49)30-33-15-16-35-18-24-51-42(35)26-33/h3-16,26-29,31,50H,17-25,30H2,1-2H3. The number of aromatic nitrogens is 1. The van der Waals surface area contributed by atoms with E-state index in [1.807, 2.05) is 0 Å². The topological polar surface area (TPSA) is 48.8 Å². The van der Waals surface area contributed by atoms with Crippen molar-refractivity contribution in [2.75, 3.05) is 37.7 Å². The van der Waals surface area contributed by atoms with Gasteiger partial charge in [0.25, 0.3) is 0 Å². The van der Waals surface area contributed by atoms with Gasteiger partial charge >= 0.3 is 0 Å². The van der Waals surface area contributed by atoms with Crippen LogP contribution in [-0.2, 0) is 25.0 Å². The molecule has 5 nitrogen and oxygen atoms in total. The lowest BCUT2D eigenvalue weighted by molar-refractivity contribution is 0.0676. The Labute approximate surface area is 310 Å². The normalized spacial score (nSPS) is 16.1. The summed E-state index contributed by atoms with van der Waals surface area (Å²) in [7, 11) is 0. The lowest BCUT2D eigenvalue weighted by Crippen LogP contribution is -2.46. The van der Waals surface area contributed by atoms with E-state index in [0.717, 1.165) is 107 Å². The Hall–Kier alpha value is -4.23. The second-order valence-electron chi connectivity index (χ2n) is 14.8. The van der Waals surface area contributed by atoms with Crippen LogP contribution in [0.15, 0.2) is 114 Å². The van der Waals surface area contributed by atoms with Gasteiger partial charge in [-0.05, 0) is 81.6 Å². The van der Waals surface area contributed by atoms with E-state index >= 15 is 0 Å². The molecule has 8 rings (SSSR count). The van der Waals surface area contributed by atoms with Gasteiger partial charge in [0.15, 0.2) is 0 Å². The van der Waals surface area contributed by atoms with E-state index in [4.69, 9.17) is 9.72 Å². The predicted molar refractivity (Wildman–Crippen MR) is 213 cm³/mol. The van der Waals surface area contributed by atoms with Gasteiger partial charge in [0.2, 0.25) is 0 Å². The highest BCUT2D eigenvalue weighted by molar-refractivity contribution is 9.10. The zero-order chi connectivity index (χ0) is 35.0. The Morgan fingerprint density at radius 3 is 2.41 bits per heavy atom. The number of ether oxygens (including phenoxy) is 1. The second-order valence-corrected chi connectivity index (χ2v) is 15.7. The number of piperazine rings is 1. The van der Waals surface area contributed by atoms with Gasteiger partial charge in [-0.15, -0.1) is 0 Å². The van der Waals surface area contributed by atoms with Crippen LogP contribution in [0.5, 0.6) is 5.75 Å². The molecular weight excluding hydrogens is 694 g/mol. The van der Waals surface area contributed by atoms with E-state index in [9.17, 15) is 5.11 Å². The third-order valence-electron chi connectivity index (χ3n) is 10.8. The Bertz CT molecular complexity index is 2170. The van der Waals surface area contributed by atoms with Crippen LogP contribution in [0.25, 0.3) is 21.7 Å². The lowest BCUT2D eigenvalue weighted by Gasteiger charge is -2.37. The fourth-order valence-corrected chi connectivity index (χ4v) is 8.48.